The second-order valence-electron chi connectivity index (χ2n) is 5.61. The van der Waals surface area contributed by atoms with Gasteiger partial charge in [-0.3, -0.25) is 0 Å². The van der Waals surface area contributed by atoms with Gasteiger partial charge in [-0.05, 0) is 30.1 Å². The van der Waals surface area contributed by atoms with Crippen molar-refractivity contribution in [2.24, 2.45) is 23.2 Å². The van der Waals surface area contributed by atoms with Crippen molar-refractivity contribution < 1.29 is 5.11 Å². The fraction of sp³-hybridized carbons (Fsp3) is 1.00. The molecule has 0 aliphatic heterocycles. The minimum Gasteiger partial charge on any atom is -0.393 e. The van der Waals surface area contributed by atoms with Crippen LogP contribution in [0.25, 0.3) is 0 Å². The molecule has 0 aromatic heterocycles. The molecule has 1 nitrogen and oxygen atoms in total. The van der Waals surface area contributed by atoms with Gasteiger partial charge in [-0.2, -0.15) is 0 Å². The number of rotatable bonds is 3. The van der Waals surface area contributed by atoms with Gasteiger partial charge in [-0.25, -0.2) is 0 Å². The molecular formula is C12H26O. The van der Waals surface area contributed by atoms with E-state index in [9.17, 15) is 5.11 Å². The molecule has 4 unspecified atom stereocenters. The van der Waals surface area contributed by atoms with Crippen LogP contribution in [0, 0.1) is 23.2 Å². The van der Waals surface area contributed by atoms with Crippen molar-refractivity contribution in [3.63, 3.8) is 0 Å². The van der Waals surface area contributed by atoms with Gasteiger partial charge < -0.3 is 5.11 Å². The van der Waals surface area contributed by atoms with Gasteiger partial charge in [0.15, 0.2) is 0 Å². The van der Waals surface area contributed by atoms with Crippen LogP contribution in [0.5, 0.6) is 0 Å². The predicted octanol–water partition coefficient (Wildman–Crippen LogP) is 3.32. The molecule has 1 N–H and O–H groups in total. The SMILES string of the molecule is CC(O)C(C)C(C)C(C)C(C)(C)C. The Morgan fingerprint density at radius 3 is 1.46 bits per heavy atom. The van der Waals surface area contributed by atoms with E-state index in [4.69, 9.17) is 0 Å². The summed E-state index contributed by atoms with van der Waals surface area (Å²) < 4.78 is 0. The molecule has 0 fully saturated rings. The van der Waals surface area contributed by atoms with Gasteiger partial charge in [0, 0.05) is 0 Å². The van der Waals surface area contributed by atoms with E-state index in [2.05, 4.69) is 41.5 Å². The monoisotopic (exact) mass is 186 g/mol. The molecule has 0 saturated carbocycles. The van der Waals surface area contributed by atoms with Gasteiger partial charge in [0.05, 0.1) is 6.10 Å². The van der Waals surface area contributed by atoms with Gasteiger partial charge in [-0.1, -0.05) is 41.5 Å². The van der Waals surface area contributed by atoms with E-state index in [0.29, 0.717) is 23.2 Å². The number of aliphatic hydroxyl groups is 1. The maximum absolute atomic E-state index is 9.51. The van der Waals surface area contributed by atoms with E-state index >= 15 is 0 Å². The maximum Gasteiger partial charge on any atom is 0.0540 e. The van der Waals surface area contributed by atoms with Crippen molar-refractivity contribution in [3.05, 3.63) is 0 Å². The molecule has 0 aliphatic rings. The molecule has 13 heavy (non-hydrogen) atoms. The van der Waals surface area contributed by atoms with Crippen LogP contribution in [-0.4, -0.2) is 11.2 Å². The third kappa shape index (κ3) is 3.68. The lowest BCUT2D eigenvalue weighted by atomic mass is 9.70. The van der Waals surface area contributed by atoms with Crippen LogP contribution >= 0.6 is 0 Å². The van der Waals surface area contributed by atoms with Crippen LogP contribution in [0.1, 0.15) is 48.5 Å². The van der Waals surface area contributed by atoms with E-state index in [1.807, 2.05) is 6.92 Å². The molecule has 0 heterocycles. The predicted molar refractivity (Wildman–Crippen MR) is 58.6 cm³/mol. The quantitative estimate of drug-likeness (QED) is 0.717. The summed E-state index contributed by atoms with van der Waals surface area (Å²) >= 11 is 0. The minimum atomic E-state index is -0.195. The van der Waals surface area contributed by atoms with Crippen molar-refractivity contribution in [1.29, 1.82) is 0 Å². The topological polar surface area (TPSA) is 20.2 Å². The molecule has 0 saturated heterocycles. The van der Waals surface area contributed by atoms with Crippen LogP contribution in [0.3, 0.4) is 0 Å². The molecule has 0 spiro atoms. The Morgan fingerprint density at radius 2 is 1.23 bits per heavy atom. The average Bonchev–Trinajstić information content (AvgIpc) is 1.98. The first kappa shape index (κ1) is 13.0. The van der Waals surface area contributed by atoms with Crippen molar-refractivity contribution >= 4 is 0 Å². The smallest absolute Gasteiger partial charge is 0.0540 e. The van der Waals surface area contributed by atoms with Gasteiger partial charge in [-0.15, -0.1) is 0 Å². The van der Waals surface area contributed by atoms with E-state index in [1.165, 1.54) is 0 Å². The standard InChI is InChI=1S/C12H26O/c1-8(9(2)11(4)13)10(3)12(5,6)7/h8-11,13H,1-7H3. The molecular weight excluding hydrogens is 160 g/mol. The van der Waals surface area contributed by atoms with Gasteiger partial charge in [0.1, 0.15) is 0 Å². The summed E-state index contributed by atoms with van der Waals surface area (Å²) in [6.45, 7) is 15.3. The highest BCUT2D eigenvalue weighted by Crippen LogP contribution is 2.36. The van der Waals surface area contributed by atoms with Crippen molar-refractivity contribution in [1.82, 2.24) is 0 Å². The number of hydrogen-bond donors (Lipinski definition) is 1. The van der Waals surface area contributed by atoms with E-state index < -0.39 is 0 Å². The molecule has 4 atom stereocenters. The lowest BCUT2D eigenvalue weighted by molar-refractivity contribution is 0.0554. The molecule has 0 amide bonds. The summed E-state index contributed by atoms with van der Waals surface area (Å²) in [5.74, 6) is 1.59. The first-order valence-electron chi connectivity index (χ1n) is 5.36. The fourth-order valence-electron chi connectivity index (χ4n) is 1.68. The average molecular weight is 186 g/mol. The fourth-order valence-corrected chi connectivity index (χ4v) is 1.68. The molecule has 1 heteroatoms. The molecule has 80 valence electrons. The van der Waals surface area contributed by atoms with Crippen LogP contribution in [-0.2, 0) is 0 Å². The lowest BCUT2D eigenvalue weighted by Crippen LogP contribution is -2.32. The first-order chi connectivity index (χ1) is 5.68. The van der Waals surface area contributed by atoms with Crippen LogP contribution in [0.4, 0.5) is 0 Å². The van der Waals surface area contributed by atoms with Crippen molar-refractivity contribution in [2.75, 3.05) is 0 Å². The normalized spacial score (nSPS) is 22.2. The van der Waals surface area contributed by atoms with Crippen LogP contribution in [0.2, 0.25) is 0 Å². The number of aliphatic hydroxyl groups excluding tert-OH is 1. The minimum absolute atomic E-state index is 0.195. The maximum atomic E-state index is 9.51. The van der Waals surface area contributed by atoms with E-state index in [1.54, 1.807) is 0 Å². The summed E-state index contributed by atoms with van der Waals surface area (Å²) in [5.41, 5.74) is 0.336. The molecule has 0 aromatic carbocycles. The van der Waals surface area contributed by atoms with Gasteiger partial charge >= 0.3 is 0 Å². The Labute approximate surface area is 83.5 Å². The third-order valence-corrected chi connectivity index (χ3v) is 3.74. The Hall–Kier alpha value is -0.0400. The Balaban J connectivity index is 4.34. The zero-order valence-corrected chi connectivity index (χ0v) is 10.3. The van der Waals surface area contributed by atoms with E-state index in [-0.39, 0.29) is 6.10 Å². The summed E-state index contributed by atoms with van der Waals surface area (Å²) in [7, 11) is 0. The summed E-state index contributed by atoms with van der Waals surface area (Å²) in [6.07, 6.45) is -0.195. The lowest BCUT2D eigenvalue weighted by Gasteiger charge is -2.36. The highest BCUT2D eigenvalue weighted by Gasteiger charge is 2.30. The Bertz CT molecular complexity index is 144. The van der Waals surface area contributed by atoms with Crippen LogP contribution < -0.4 is 0 Å². The second kappa shape index (κ2) is 4.45. The molecule has 0 rings (SSSR count). The van der Waals surface area contributed by atoms with Crippen molar-refractivity contribution in [3.8, 4) is 0 Å². The summed E-state index contributed by atoms with van der Waals surface area (Å²) in [6, 6.07) is 0. The highest BCUT2D eigenvalue weighted by molar-refractivity contribution is 4.79. The Kier molecular flexibility index (Phi) is 4.44. The van der Waals surface area contributed by atoms with Gasteiger partial charge in [0.2, 0.25) is 0 Å². The Morgan fingerprint density at radius 1 is 0.846 bits per heavy atom. The number of hydrogen-bond acceptors (Lipinski definition) is 1. The molecule has 0 radical (unpaired) electrons. The summed E-state index contributed by atoms with van der Waals surface area (Å²) in [4.78, 5) is 0. The molecule has 0 aliphatic carbocycles. The highest BCUT2D eigenvalue weighted by atomic mass is 16.3. The van der Waals surface area contributed by atoms with Crippen molar-refractivity contribution in [2.45, 2.75) is 54.6 Å². The second-order valence-corrected chi connectivity index (χ2v) is 5.61. The zero-order chi connectivity index (χ0) is 10.8. The zero-order valence-electron chi connectivity index (χ0n) is 10.3. The molecule has 0 bridgehead atoms. The van der Waals surface area contributed by atoms with Gasteiger partial charge in [0.25, 0.3) is 0 Å². The molecule has 0 aromatic rings. The first-order valence-corrected chi connectivity index (χ1v) is 5.36. The largest absolute Gasteiger partial charge is 0.393 e. The third-order valence-electron chi connectivity index (χ3n) is 3.74. The van der Waals surface area contributed by atoms with Crippen LogP contribution in [0.15, 0.2) is 0 Å². The van der Waals surface area contributed by atoms with E-state index in [0.717, 1.165) is 0 Å². The summed E-state index contributed by atoms with van der Waals surface area (Å²) in [5, 5.41) is 9.51.